The Labute approximate surface area is 106 Å². The zero-order chi connectivity index (χ0) is 11.7. The van der Waals surface area contributed by atoms with Gasteiger partial charge in [0.2, 0.25) is 0 Å². The minimum Gasteiger partial charge on any atom is -0.315 e. The van der Waals surface area contributed by atoms with Crippen LogP contribution in [0.2, 0.25) is 0 Å². The van der Waals surface area contributed by atoms with Crippen molar-refractivity contribution in [1.29, 1.82) is 0 Å². The largest absolute Gasteiger partial charge is 0.315 e. The predicted octanol–water partition coefficient (Wildman–Crippen LogP) is 2.49. The molecule has 1 heterocycles. The molecule has 0 radical (unpaired) electrons. The van der Waals surface area contributed by atoms with Crippen molar-refractivity contribution >= 4 is 11.3 Å². The van der Waals surface area contributed by atoms with E-state index in [4.69, 9.17) is 0 Å². The number of aromatic nitrogens is 1. The van der Waals surface area contributed by atoms with Gasteiger partial charge < -0.3 is 10.3 Å². The highest BCUT2D eigenvalue weighted by atomic mass is 32.1. The molecular formula is C13H20N2OS. The Morgan fingerprint density at radius 1 is 1.29 bits per heavy atom. The highest BCUT2D eigenvalue weighted by molar-refractivity contribution is 7.07. The Morgan fingerprint density at radius 3 is 2.88 bits per heavy atom. The summed E-state index contributed by atoms with van der Waals surface area (Å²) in [6.07, 6.45) is 8.40. The molecule has 94 valence electrons. The predicted molar refractivity (Wildman–Crippen MR) is 70.2 cm³/mol. The molecule has 4 heteroatoms. The third kappa shape index (κ3) is 2.99. The van der Waals surface area contributed by atoms with Crippen LogP contribution in [-0.4, -0.2) is 11.0 Å². The fourth-order valence-corrected chi connectivity index (χ4v) is 3.65. The molecule has 2 fully saturated rings. The quantitative estimate of drug-likeness (QED) is 0.864. The van der Waals surface area contributed by atoms with Crippen LogP contribution < -0.4 is 10.2 Å². The van der Waals surface area contributed by atoms with Gasteiger partial charge in [-0.2, -0.15) is 0 Å². The first-order valence-corrected chi connectivity index (χ1v) is 7.59. The van der Waals surface area contributed by atoms with Gasteiger partial charge in [0.05, 0.1) is 0 Å². The molecule has 0 saturated heterocycles. The van der Waals surface area contributed by atoms with Crippen molar-refractivity contribution in [3.63, 3.8) is 0 Å². The number of aromatic amines is 1. The van der Waals surface area contributed by atoms with Gasteiger partial charge in [-0.1, -0.05) is 24.2 Å². The SMILES string of the molecule is O=c1[nH]c(CNC2CCCC(C3CC3)C2)cs1. The van der Waals surface area contributed by atoms with Gasteiger partial charge in [0.1, 0.15) is 0 Å². The standard InChI is InChI=1S/C13H20N2OS/c16-13-15-12(8-17-13)7-14-11-3-1-2-10(6-11)9-4-5-9/h8-11,14H,1-7H2,(H,15,16). The van der Waals surface area contributed by atoms with Gasteiger partial charge in [-0.15, -0.1) is 0 Å². The molecule has 1 aromatic rings. The van der Waals surface area contributed by atoms with E-state index < -0.39 is 0 Å². The maximum Gasteiger partial charge on any atom is 0.304 e. The summed E-state index contributed by atoms with van der Waals surface area (Å²) in [5.74, 6) is 2.02. The number of nitrogens with one attached hydrogen (secondary N) is 2. The number of hydrogen-bond acceptors (Lipinski definition) is 3. The van der Waals surface area contributed by atoms with E-state index in [9.17, 15) is 4.79 Å². The summed E-state index contributed by atoms with van der Waals surface area (Å²) < 4.78 is 0. The van der Waals surface area contributed by atoms with Gasteiger partial charge in [0.25, 0.3) is 0 Å². The van der Waals surface area contributed by atoms with Crippen LogP contribution in [0, 0.1) is 11.8 Å². The smallest absolute Gasteiger partial charge is 0.304 e. The fourth-order valence-electron chi connectivity index (χ4n) is 3.06. The Hall–Kier alpha value is -0.610. The summed E-state index contributed by atoms with van der Waals surface area (Å²) in [5, 5.41) is 5.53. The molecular weight excluding hydrogens is 232 g/mol. The average Bonchev–Trinajstić information content (AvgIpc) is 3.11. The molecule has 3 rings (SSSR count). The third-order valence-electron chi connectivity index (χ3n) is 4.16. The minimum absolute atomic E-state index is 0.0568. The van der Waals surface area contributed by atoms with Crippen molar-refractivity contribution in [2.24, 2.45) is 11.8 Å². The molecule has 0 bridgehead atoms. The lowest BCUT2D eigenvalue weighted by Gasteiger charge is -2.29. The fraction of sp³-hybridized carbons (Fsp3) is 0.769. The van der Waals surface area contributed by atoms with Gasteiger partial charge in [0.15, 0.2) is 0 Å². The molecule has 0 amide bonds. The Kier molecular flexibility index (Phi) is 3.34. The second-order valence-electron chi connectivity index (χ2n) is 5.52. The van der Waals surface area contributed by atoms with E-state index in [0.717, 1.165) is 24.1 Å². The molecule has 2 aliphatic carbocycles. The summed E-state index contributed by atoms with van der Waals surface area (Å²) in [4.78, 5) is 13.9. The van der Waals surface area contributed by atoms with Crippen molar-refractivity contribution in [2.75, 3.05) is 0 Å². The lowest BCUT2D eigenvalue weighted by atomic mass is 9.83. The average molecular weight is 252 g/mol. The summed E-state index contributed by atoms with van der Waals surface area (Å²) in [6.45, 7) is 0.820. The van der Waals surface area contributed by atoms with Crippen molar-refractivity contribution < 1.29 is 0 Å². The van der Waals surface area contributed by atoms with E-state index in [1.807, 2.05) is 5.38 Å². The number of hydrogen-bond donors (Lipinski definition) is 2. The summed E-state index contributed by atoms with van der Waals surface area (Å²) in [6, 6.07) is 0.665. The topological polar surface area (TPSA) is 44.9 Å². The maximum absolute atomic E-state index is 11.0. The van der Waals surface area contributed by atoms with Gasteiger partial charge in [-0.05, 0) is 37.5 Å². The molecule has 2 unspecified atom stereocenters. The lowest BCUT2D eigenvalue weighted by Crippen LogP contribution is -2.34. The first-order chi connectivity index (χ1) is 8.31. The van der Waals surface area contributed by atoms with Crippen LogP contribution in [0.25, 0.3) is 0 Å². The zero-order valence-corrected chi connectivity index (χ0v) is 10.9. The molecule has 1 aromatic heterocycles. The lowest BCUT2D eigenvalue weighted by molar-refractivity contribution is 0.260. The van der Waals surface area contributed by atoms with Crippen LogP contribution in [0.3, 0.4) is 0 Å². The van der Waals surface area contributed by atoms with Crippen molar-refractivity contribution in [3.05, 3.63) is 20.7 Å². The van der Waals surface area contributed by atoms with Crippen LogP contribution in [0.1, 0.15) is 44.2 Å². The van der Waals surface area contributed by atoms with E-state index in [1.165, 1.54) is 49.9 Å². The van der Waals surface area contributed by atoms with Gasteiger partial charge in [0, 0.05) is 23.7 Å². The molecule has 2 atom stereocenters. The molecule has 17 heavy (non-hydrogen) atoms. The van der Waals surface area contributed by atoms with Gasteiger partial charge >= 0.3 is 4.87 Å². The summed E-state index contributed by atoms with van der Waals surface area (Å²) >= 11 is 1.26. The van der Waals surface area contributed by atoms with Crippen molar-refractivity contribution in [2.45, 2.75) is 51.1 Å². The second kappa shape index (κ2) is 4.94. The van der Waals surface area contributed by atoms with Crippen molar-refractivity contribution in [1.82, 2.24) is 10.3 Å². The molecule has 0 aliphatic heterocycles. The number of thiazole rings is 1. The molecule has 0 spiro atoms. The van der Waals surface area contributed by atoms with Crippen molar-refractivity contribution in [3.8, 4) is 0 Å². The summed E-state index contributed by atoms with van der Waals surface area (Å²) in [5.41, 5.74) is 1.04. The first-order valence-electron chi connectivity index (χ1n) is 6.71. The Morgan fingerprint density at radius 2 is 2.18 bits per heavy atom. The highest BCUT2D eigenvalue weighted by Gasteiger charge is 2.34. The minimum atomic E-state index is 0.0568. The van der Waals surface area contributed by atoms with E-state index in [0.29, 0.717) is 6.04 Å². The van der Waals surface area contributed by atoms with Gasteiger partial charge in [-0.25, -0.2) is 0 Å². The molecule has 2 saturated carbocycles. The third-order valence-corrected chi connectivity index (χ3v) is 4.87. The van der Waals surface area contributed by atoms with Crippen LogP contribution in [0.15, 0.2) is 10.2 Å². The van der Waals surface area contributed by atoms with E-state index >= 15 is 0 Å². The van der Waals surface area contributed by atoms with Crippen LogP contribution in [0.5, 0.6) is 0 Å². The van der Waals surface area contributed by atoms with Crippen LogP contribution in [-0.2, 0) is 6.54 Å². The number of rotatable bonds is 4. The highest BCUT2D eigenvalue weighted by Crippen LogP contribution is 2.43. The van der Waals surface area contributed by atoms with E-state index in [1.54, 1.807) is 0 Å². The second-order valence-corrected chi connectivity index (χ2v) is 6.36. The number of H-pyrrole nitrogens is 1. The normalized spacial score (nSPS) is 29.4. The Bertz CT molecular complexity index is 421. The van der Waals surface area contributed by atoms with Crippen LogP contribution in [0.4, 0.5) is 0 Å². The Balaban J connectivity index is 1.49. The molecule has 2 N–H and O–H groups in total. The molecule has 2 aliphatic rings. The maximum atomic E-state index is 11.0. The summed E-state index contributed by atoms with van der Waals surface area (Å²) in [7, 11) is 0. The van der Waals surface area contributed by atoms with Crippen LogP contribution >= 0.6 is 11.3 Å². The van der Waals surface area contributed by atoms with E-state index in [2.05, 4.69) is 10.3 Å². The molecule has 0 aromatic carbocycles. The zero-order valence-electron chi connectivity index (χ0n) is 10.1. The first kappa shape index (κ1) is 11.5. The van der Waals surface area contributed by atoms with E-state index in [-0.39, 0.29) is 4.87 Å². The van der Waals surface area contributed by atoms with Gasteiger partial charge in [-0.3, -0.25) is 4.79 Å². The monoisotopic (exact) mass is 252 g/mol. The molecule has 3 nitrogen and oxygen atoms in total.